The summed E-state index contributed by atoms with van der Waals surface area (Å²) in [5, 5.41) is 0. The van der Waals surface area contributed by atoms with Gasteiger partial charge in [0.05, 0.1) is 6.54 Å². The minimum atomic E-state index is -0.452. The Labute approximate surface area is 136 Å². The molecular formula is C16H25NO4S. The molecule has 0 bridgehead atoms. The first-order valence-corrected chi connectivity index (χ1v) is 8.12. The highest BCUT2D eigenvalue weighted by Crippen LogP contribution is 2.14. The number of unbranched alkanes of at least 4 members (excludes halogenated alkanes) is 1. The van der Waals surface area contributed by atoms with Gasteiger partial charge in [-0.25, -0.2) is 4.79 Å². The van der Waals surface area contributed by atoms with Gasteiger partial charge >= 0.3 is 5.97 Å². The molecule has 0 heterocycles. The lowest BCUT2D eigenvalue weighted by atomic mass is 10.1. The van der Waals surface area contributed by atoms with Crippen molar-refractivity contribution in [2.24, 2.45) is 0 Å². The second-order valence-electron chi connectivity index (χ2n) is 5.03. The molecule has 0 aliphatic carbocycles. The number of carbonyl (C=O) groups is 3. The van der Waals surface area contributed by atoms with Crippen LogP contribution in [0.5, 0.6) is 0 Å². The molecule has 22 heavy (non-hydrogen) atoms. The zero-order valence-corrected chi connectivity index (χ0v) is 14.5. The van der Waals surface area contributed by atoms with Gasteiger partial charge in [-0.05, 0) is 44.2 Å². The predicted molar refractivity (Wildman–Crippen MR) is 89.3 cm³/mol. The van der Waals surface area contributed by atoms with E-state index in [1.165, 1.54) is 18.9 Å². The van der Waals surface area contributed by atoms with Crippen molar-refractivity contribution in [3.8, 4) is 0 Å². The molecule has 0 saturated heterocycles. The van der Waals surface area contributed by atoms with Crippen LogP contribution in [0.1, 0.15) is 40.0 Å². The zero-order chi connectivity index (χ0) is 17.1. The van der Waals surface area contributed by atoms with Crippen molar-refractivity contribution in [3.05, 3.63) is 24.3 Å². The van der Waals surface area contributed by atoms with Crippen LogP contribution in [0.4, 0.5) is 0 Å². The molecule has 0 rings (SSSR count). The second kappa shape index (κ2) is 11.1. The molecule has 1 amide bonds. The van der Waals surface area contributed by atoms with Crippen molar-refractivity contribution in [3.63, 3.8) is 0 Å². The molecule has 0 saturated carbocycles. The summed E-state index contributed by atoms with van der Waals surface area (Å²) >= 11 is 1.39. The fourth-order valence-electron chi connectivity index (χ4n) is 1.43. The van der Waals surface area contributed by atoms with Crippen molar-refractivity contribution in [2.75, 3.05) is 18.9 Å². The van der Waals surface area contributed by atoms with Gasteiger partial charge in [-0.3, -0.25) is 13.9 Å². The van der Waals surface area contributed by atoms with Crippen LogP contribution in [-0.2, 0) is 19.1 Å². The number of ether oxygens (including phenoxy) is 1. The first-order chi connectivity index (χ1) is 10.3. The van der Waals surface area contributed by atoms with E-state index in [1.807, 2.05) is 0 Å². The lowest BCUT2D eigenvalue weighted by Gasteiger charge is -2.19. The molecular weight excluding hydrogens is 302 g/mol. The van der Waals surface area contributed by atoms with Gasteiger partial charge in [0, 0.05) is 24.7 Å². The van der Waals surface area contributed by atoms with Crippen molar-refractivity contribution in [2.45, 2.75) is 40.0 Å². The summed E-state index contributed by atoms with van der Waals surface area (Å²) in [6.45, 7) is 12.3. The van der Waals surface area contributed by atoms with Gasteiger partial charge in [0.2, 0.25) is 5.91 Å². The van der Waals surface area contributed by atoms with Crippen molar-refractivity contribution in [1.82, 2.24) is 4.31 Å². The number of hydrogen-bond acceptors (Lipinski definition) is 5. The monoisotopic (exact) mass is 327 g/mol. The minimum Gasteiger partial charge on any atom is -0.460 e. The average molecular weight is 327 g/mol. The summed E-state index contributed by atoms with van der Waals surface area (Å²) in [5.74, 6) is 0.277. The third-order valence-electron chi connectivity index (χ3n) is 2.75. The van der Waals surface area contributed by atoms with Gasteiger partial charge in [-0.2, -0.15) is 0 Å². The Morgan fingerprint density at radius 2 is 1.68 bits per heavy atom. The van der Waals surface area contributed by atoms with Gasteiger partial charge in [0.1, 0.15) is 6.61 Å². The first kappa shape index (κ1) is 20.4. The van der Waals surface area contributed by atoms with Crippen LogP contribution in [0, 0.1) is 0 Å². The van der Waals surface area contributed by atoms with Crippen LogP contribution < -0.4 is 0 Å². The molecule has 6 heteroatoms. The number of ketones is 1. The van der Waals surface area contributed by atoms with E-state index in [0.29, 0.717) is 24.1 Å². The molecule has 0 aliphatic heterocycles. The van der Waals surface area contributed by atoms with Gasteiger partial charge in [0.25, 0.3) is 0 Å². The summed E-state index contributed by atoms with van der Waals surface area (Å²) in [6, 6.07) is 0. The molecule has 124 valence electrons. The number of carbonyl (C=O) groups excluding carboxylic acids is 3. The van der Waals surface area contributed by atoms with Crippen LogP contribution in [0.3, 0.4) is 0 Å². The van der Waals surface area contributed by atoms with E-state index in [2.05, 4.69) is 13.2 Å². The lowest BCUT2D eigenvalue weighted by molar-refractivity contribution is -0.140. The maximum atomic E-state index is 11.5. The second-order valence-corrected chi connectivity index (χ2v) is 6.14. The Balaban J connectivity index is 3.93. The van der Waals surface area contributed by atoms with E-state index in [1.54, 1.807) is 18.2 Å². The van der Waals surface area contributed by atoms with E-state index < -0.39 is 5.97 Å². The van der Waals surface area contributed by atoms with Gasteiger partial charge in [0.15, 0.2) is 5.78 Å². The standard InChI is InChI=1S/C16H25NO4S/c1-12(2)15(19)8-6-7-11-22-17(14(5)18)9-10-21-16(20)13(3)4/h1,3,6-11H2,2,4-5H3. The molecule has 0 N–H and O–H groups in total. The van der Waals surface area contributed by atoms with Gasteiger partial charge in [-0.15, -0.1) is 0 Å². The number of hydrogen-bond donors (Lipinski definition) is 0. The zero-order valence-electron chi connectivity index (χ0n) is 13.6. The normalized spacial score (nSPS) is 9.95. The van der Waals surface area contributed by atoms with Crippen LogP contribution >= 0.6 is 11.9 Å². The van der Waals surface area contributed by atoms with Crippen LogP contribution in [-0.4, -0.2) is 40.9 Å². The number of allylic oxidation sites excluding steroid dienone is 1. The fraction of sp³-hybridized carbons (Fsp3) is 0.562. The fourth-order valence-corrected chi connectivity index (χ4v) is 2.37. The molecule has 0 aromatic carbocycles. The number of rotatable bonds is 11. The van der Waals surface area contributed by atoms with Gasteiger partial charge in [-0.1, -0.05) is 13.2 Å². The van der Waals surface area contributed by atoms with Crippen LogP contribution in [0.2, 0.25) is 0 Å². The topological polar surface area (TPSA) is 63.7 Å². The van der Waals surface area contributed by atoms with Crippen molar-refractivity contribution < 1.29 is 19.1 Å². The Bertz CT molecular complexity index is 445. The Hall–Kier alpha value is -1.56. The Morgan fingerprint density at radius 3 is 2.18 bits per heavy atom. The summed E-state index contributed by atoms with van der Waals surface area (Å²) in [4.78, 5) is 34.1. The number of Topliss-reactive ketones (excluding diaryl/α,β-unsaturated/α-hetero) is 1. The van der Waals surface area contributed by atoms with Crippen LogP contribution in [0.25, 0.3) is 0 Å². The highest BCUT2D eigenvalue weighted by atomic mass is 32.2. The van der Waals surface area contributed by atoms with Crippen molar-refractivity contribution in [1.29, 1.82) is 0 Å². The third-order valence-corrected chi connectivity index (χ3v) is 3.97. The molecule has 0 radical (unpaired) electrons. The maximum absolute atomic E-state index is 11.5. The van der Waals surface area contributed by atoms with E-state index >= 15 is 0 Å². The first-order valence-electron chi connectivity index (χ1n) is 7.18. The van der Waals surface area contributed by atoms with Gasteiger partial charge < -0.3 is 4.74 Å². The molecule has 0 atom stereocenters. The molecule has 0 spiro atoms. The highest BCUT2D eigenvalue weighted by Gasteiger charge is 2.11. The maximum Gasteiger partial charge on any atom is 0.333 e. The summed E-state index contributed by atoms with van der Waals surface area (Å²) in [6.07, 6.45) is 2.10. The highest BCUT2D eigenvalue weighted by molar-refractivity contribution is 7.97. The number of esters is 1. The summed E-state index contributed by atoms with van der Waals surface area (Å²) in [5.41, 5.74) is 0.918. The van der Waals surface area contributed by atoms with E-state index in [9.17, 15) is 14.4 Å². The molecule has 0 fully saturated rings. The molecule has 0 aromatic heterocycles. The Kier molecular flexibility index (Phi) is 10.3. The smallest absolute Gasteiger partial charge is 0.333 e. The van der Waals surface area contributed by atoms with E-state index in [4.69, 9.17) is 4.74 Å². The average Bonchev–Trinajstić information content (AvgIpc) is 2.43. The summed E-state index contributed by atoms with van der Waals surface area (Å²) < 4.78 is 6.53. The molecule has 0 aliphatic rings. The van der Waals surface area contributed by atoms with Crippen molar-refractivity contribution >= 4 is 29.6 Å². The number of nitrogens with zero attached hydrogens (tertiary/aromatic N) is 1. The minimum absolute atomic E-state index is 0.0835. The summed E-state index contributed by atoms with van der Waals surface area (Å²) in [7, 11) is 0. The SMILES string of the molecule is C=C(C)C(=O)CCCCSN(CCOC(=O)C(=C)C)C(C)=O. The largest absolute Gasteiger partial charge is 0.460 e. The number of amides is 1. The predicted octanol–water partition coefficient (Wildman–Crippen LogP) is 2.92. The molecule has 0 aromatic rings. The van der Waals surface area contributed by atoms with E-state index in [0.717, 1.165) is 18.6 Å². The molecule has 5 nitrogen and oxygen atoms in total. The quantitative estimate of drug-likeness (QED) is 0.253. The third kappa shape index (κ3) is 9.39. The lowest BCUT2D eigenvalue weighted by Crippen LogP contribution is -2.27. The van der Waals surface area contributed by atoms with E-state index in [-0.39, 0.29) is 18.3 Å². The Morgan fingerprint density at radius 1 is 1.05 bits per heavy atom. The molecule has 0 unspecified atom stereocenters. The van der Waals surface area contributed by atoms with Crippen LogP contribution in [0.15, 0.2) is 24.3 Å².